The van der Waals surface area contributed by atoms with Gasteiger partial charge in [0.15, 0.2) is 5.96 Å². The number of hydrogen-bond donors (Lipinski definition) is 2. The molecule has 0 radical (unpaired) electrons. The van der Waals surface area contributed by atoms with E-state index in [-0.39, 0.29) is 12.1 Å². The number of amides is 1. The van der Waals surface area contributed by atoms with Crippen molar-refractivity contribution in [3.63, 3.8) is 0 Å². The average Bonchev–Trinajstić information content (AvgIpc) is 3.22. The Balaban J connectivity index is 1.85. The second-order valence-corrected chi connectivity index (χ2v) is 7.29. The van der Waals surface area contributed by atoms with Crippen molar-refractivity contribution in [3.8, 4) is 0 Å². The molecule has 1 unspecified atom stereocenters. The van der Waals surface area contributed by atoms with Gasteiger partial charge < -0.3 is 24.7 Å². The number of rotatable bonds is 6. The predicted molar refractivity (Wildman–Crippen MR) is 102 cm³/mol. The fourth-order valence-electron chi connectivity index (χ4n) is 2.62. The molecule has 7 heteroatoms. The van der Waals surface area contributed by atoms with Gasteiger partial charge >= 0.3 is 6.09 Å². The van der Waals surface area contributed by atoms with E-state index in [0.29, 0.717) is 32.1 Å². The van der Waals surface area contributed by atoms with Crippen molar-refractivity contribution in [2.24, 2.45) is 4.99 Å². The van der Waals surface area contributed by atoms with Crippen molar-refractivity contribution < 1.29 is 13.9 Å². The third kappa shape index (κ3) is 6.82. The molecule has 1 aromatic heterocycles. The van der Waals surface area contributed by atoms with Crippen LogP contribution in [0.5, 0.6) is 0 Å². The molecule has 26 heavy (non-hydrogen) atoms. The number of hydrogen-bond acceptors (Lipinski definition) is 4. The van der Waals surface area contributed by atoms with Crippen LogP contribution in [0, 0.1) is 0 Å². The Morgan fingerprint density at radius 1 is 1.54 bits per heavy atom. The van der Waals surface area contributed by atoms with E-state index in [1.165, 1.54) is 0 Å². The minimum atomic E-state index is -0.480. The van der Waals surface area contributed by atoms with Gasteiger partial charge in [-0.05, 0) is 39.3 Å². The minimum absolute atomic E-state index is 0.141. The Labute approximate surface area is 155 Å². The number of likely N-dealkylation sites (tertiary alicyclic amines) is 1. The van der Waals surface area contributed by atoms with Crippen molar-refractivity contribution >= 4 is 12.1 Å². The molecule has 1 aliphatic heterocycles. The van der Waals surface area contributed by atoms with Crippen molar-refractivity contribution in [3.05, 3.63) is 36.8 Å². The third-order valence-corrected chi connectivity index (χ3v) is 3.80. The van der Waals surface area contributed by atoms with Crippen LogP contribution in [0.1, 0.15) is 33.0 Å². The van der Waals surface area contributed by atoms with Crippen LogP contribution in [0.15, 0.2) is 40.5 Å². The van der Waals surface area contributed by atoms with Gasteiger partial charge in [-0.25, -0.2) is 4.79 Å². The second kappa shape index (κ2) is 9.31. The molecule has 0 saturated carbocycles. The van der Waals surface area contributed by atoms with Crippen LogP contribution in [0.3, 0.4) is 0 Å². The van der Waals surface area contributed by atoms with Gasteiger partial charge in [0.1, 0.15) is 11.4 Å². The van der Waals surface area contributed by atoms with E-state index >= 15 is 0 Å². The average molecular weight is 362 g/mol. The molecule has 1 saturated heterocycles. The molecule has 2 N–H and O–H groups in total. The number of aliphatic imine (C=N–C) groups is 1. The first kappa shape index (κ1) is 19.9. The zero-order valence-electron chi connectivity index (χ0n) is 16.0. The summed E-state index contributed by atoms with van der Waals surface area (Å²) in [4.78, 5) is 18.5. The van der Waals surface area contributed by atoms with E-state index < -0.39 is 5.60 Å². The summed E-state index contributed by atoms with van der Waals surface area (Å²) in [6, 6.07) is 3.95. The van der Waals surface area contributed by atoms with E-state index in [2.05, 4.69) is 22.2 Å². The first-order valence-electron chi connectivity index (χ1n) is 9.03. The Kier molecular flexibility index (Phi) is 7.12. The van der Waals surface area contributed by atoms with Crippen LogP contribution >= 0.6 is 0 Å². The maximum Gasteiger partial charge on any atom is 0.410 e. The maximum absolute atomic E-state index is 12.2. The van der Waals surface area contributed by atoms with Gasteiger partial charge in [0.25, 0.3) is 0 Å². The number of nitrogens with zero attached hydrogens (tertiary/aromatic N) is 2. The summed E-state index contributed by atoms with van der Waals surface area (Å²) in [6.45, 7) is 11.9. The SMILES string of the molecule is C=CCNC(=NCCc1ccco1)NC1CCN(C(=O)OC(C)(C)C)C1. The highest BCUT2D eigenvalue weighted by Gasteiger charge is 2.30. The Hall–Kier alpha value is -2.44. The fourth-order valence-corrected chi connectivity index (χ4v) is 2.62. The highest BCUT2D eigenvalue weighted by atomic mass is 16.6. The van der Waals surface area contributed by atoms with Crippen molar-refractivity contribution in [2.75, 3.05) is 26.2 Å². The summed E-state index contributed by atoms with van der Waals surface area (Å²) in [7, 11) is 0. The van der Waals surface area contributed by atoms with Crippen LogP contribution in [-0.4, -0.2) is 54.8 Å². The van der Waals surface area contributed by atoms with Gasteiger partial charge in [-0.1, -0.05) is 6.08 Å². The number of carbonyl (C=O) groups excluding carboxylic acids is 1. The van der Waals surface area contributed by atoms with E-state index in [1.54, 1.807) is 17.2 Å². The fraction of sp³-hybridized carbons (Fsp3) is 0.579. The van der Waals surface area contributed by atoms with Crippen LogP contribution < -0.4 is 10.6 Å². The highest BCUT2D eigenvalue weighted by molar-refractivity contribution is 5.80. The molecule has 0 aromatic carbocycles. The van der Waals surface area contributed by atoms with Crippen LogP contribution in [0.2, 0.25) is 0 Å². The molecule has 1 aliphatic rings. The molecule has 1 amide bonds. The lowest BCUT2D eigenvalue weighted by molar-refractivity contribution is 0.0292. The molecule has 1 atom stereocenters. The third-order valence-electron chi connectivity index (χ3n) is 3.80. The molecular weight excluding hydrogens is 332 g/mol. The minimum Gasteiger partial charge on any atom is -0.469 e. The molecule has 0 aliphatic carbocycles. The largest absolute Gasteiger partial charge is 0.469 e. The van der Waals surface area contributed by atoms with Gasteiger partial charge in [0.05, 0.1) is 6.26 Å². The summed E-state index contributed by atoms with van der Waals surface area (Å²) in [5, 5.41) is 6.60. The van der Waals surface area contributed by atoms with Gasteiger partial charge in [0.2, 0.25) is 0 Å². The van der Waals surface area contributed by atoms with Crippen LogP contribution in [0.4, 0.5) is 4.79 Å². The lowest BCUT2D eigenvalue weighted by Crippen LogP contribution is -2.45. The van der Waals surface area contributed by atoms with E-state index in [9.17, 15) is 4.79 Å². The molecular formula is C19H30N4O3. The summed E-state index contributed by atoms with van der Waals surface area (Å²) >= 11 is 0. The van der Waals surface area contributed by atoms with Gasteiger partial charge in [-0.3, -0.25) is 4.99 Å². The number of guanidine groups is 1. The molecule has 7 nitrogen and oxygen atoms in total. The summed E-state index contributed by atoms with van der Waals surface area (Å²) in [5.74, 6) is 1.63. The number of furan rings is 1. The molecule has 2 rings (SSSR count). The van der Waals surface area contributed by atoms with Gasteiger partial charge in [-0.2, -0.15) is 0 Å². The zero-order chi connectivity index (χ0) is 19.0. The number of nitrogens with one attached hydrogen (secondary N) is 2. The lowest BCUT2D eigenvalue weighted by atomic mass is 10.2. The molecule has 2 heterocycles. The standard InChI is InChI=1S/C19H30N4O3/c1-5-10-20-17(21-11-8-16-7-6-13-25-16)22-15-9-12-23(14-15)18(24)26-19(2,3)4/h5-7,13,15H,1,8-12,14H2,2-4H3,(H2,20,21,22). The Bertz CT molecular complexity index is 605. The quantitative estimate of drug-likeness (QED) is 0.462. The van der Waals surface area contributed by atoms with Crippen molar-refractivity contribution in [2.45, 2.75) is 45.3 Å². The molecule has 144 valence electrons. The predicted octanol–water partition coefficient (Wildman–Crippen LogP) is 2.55. The zero-order valence-corrected chi connectivity index (χ0v) is 16.0. The molecule has 0 spiro atoms. The second-order valence-electron chi connectivity index (χ2n) is 7.29. The van der Waals surface area contributed by atoms with Crippen molar-refractivity contribution in [1.82, 2.24) is 15.5 Å². The van der Waals surface area contributed by atoms with E-state index in [4.69, 9.17) is 9.15 Å². The first-order valence-corrected chi connectivity index (χ1v) is 9.03. The number of ether oxygens (including phenoxy) is 1. The van der Waals surface area contributed by atoms with Crippen molar-refractivity contribution in [1.29, 1.82) is 0 Å². The van der Waals surface area contributed by atoms with Gasteiger partial charge in [-0.15, -0.1) is 6.58 Å². The van der Waals surface area contributed by atoms with Gasteiger partial charge in [0, 0.05) is 38.6 Å². The monoisotopic (exact) mass is 362 g/mol. The van der Waals surface area contributed by atoms with E-state index in [1.807, 2.05) is 32.9 Å². The Morgan fingerprint density at radius 2 is 2.35 bits per heavy atom. The molecule has 1 fully saturated rings. The summed E-state index contributed by atoms with van der Waals surface area (Å²) < 4.78 is 10.8. The smallest absolute Gasteiger partial charge is 0.410 e. The Morgan fingerprint density at radius 3 is 3.00 bits per heavy atom. The van der Waals surface area contributed by atoms with Crippen LogP contribution in [0.25, 0.3) is 0 Å². The normalized spacial score (nSPS) is 17.9. The highest BCUT2D eigenvalue weighted by Crippen LogP contribution is 2.15. The maximum atomic E-state index is 12.2. The summed E-state index contributed by atoms with van der Waals surface area (Å²) in [6.07, 6.45) is 4.77. The number of carbonyl (C=O) groups is 1. The topological polar surface area (TPSA) is 79.1 Å². The van der Waals surface area contributed by atoms with E-state index in [0.717, 1.165) is 18.6 Å². The molecule has 0 bridgehead atoms. The lowest BCUT2D eigenvalue weighted by Gasteiger charge is -2.24. The molecule has 1 aromatic rings. The van der Waals surface area contributed by atoms with Crippen LogP contribution in [-0.2, 0) is 11.2 Å². The summed E-state index contributed by atoms with van der Waals surface area (Å²) in [5.41, 5.74) is -0.480. The first-order chi connectivity index (χ1) is 12.4.